The van der Waals surface area contributed by atoms with E-state index in [1.807, 2.05) is 42.5 Å². The molecule has 0 spiro atoms. The van der Waals surface area contributed by atoms with Gasteiger partial charge in [0.25, 0.3) is 5.91 Å². The molecule has 0 radical (unpaired) electrons. The third kappa shape index (κ3) is 5.91. The van der Waals surface area contributed by atoms with E-state index in [1.54, 1.807) is 41.4 Å². The molecule has 0 saturated carbocycles. The van der Waals surface area contributed by atoms with Gasteiger partial charge in [-0.25, -0.2) is 0 Å². The number of methoxy groups -OCH3 is 1. The number of ether oxygens (including phenoxy) is 3. The van der Waals surface area contributed by atoms with Gasteiger partial charge < -0.3 is 24.0 Å². The van der Waals surface area contributed by atoms with E-state index in [0.29, 0.717) is 56.3 Å². The molecular weight excluding hydrogens is 470 g/mol. The number of rotatable bonds is 9. The van der Waals surface area contributed by atoms with Crippen molar-refractivity contribution >= 4 is 17.5 Å². The highest BCUT2D eigenvalue weighted by atomic mass is 16.6. The summed E-state index contributed by atoms with van der Waals surface area (Å²) < 4.78 is 17.1. The van der Waals surface area contributed by atoms with Crippen LogP contribution in [0.1, 0.15) is 40.7 Å². The van der Waals surface area contributed by atoms with E-state index in [-0.39, 0.29) is 17.9 Å². The second-order valence-corrected chi connectivity index (χ2v) is 9.31. The maximum absolute atomic E-state index is 13.7. The van der Waals surface area contributed by atoms with Crippen LogP contribution >= 0.6 is 0 Å². The molecule has 2 amide bonds. The van der Waals surface area contributed by atoms with E-state index in [2.05, 4.69) is 4.98 Å². The van der Waals surface area contributed by atoms with Crippen LogP contribution in [0.5, 0.6) is 11.5 Å². The molecule has 2 aliphatic heterocycles. The largest absolute Gasteiger partial charge is 0.493 e. The predicted molar refractivity (Wildman–Crippen MR) is 139 cm³/mol. The van der Waals surface area contributed by atoms with Gasteiger partial charge in [0.1, 0.15) is 6.10 Å². The van der Waals surface area contributed by atoms with Gasteiger partial charge in [-0.05, 0) is 60.0 Å². The number of carbonyl (C=O) groups is 2. The van der Waals surface area contributed by atoms with Crippen LogP contribution in [-0.4, -0.2) is 54.7 Å². The minimum absolute atomic E-state index is 0.0160. The molecule has 2 aromatic carbocycles. The average Bonchev–Trinajstić information content (AvgIpc) is 3.61. The summed E-state index contributed by atoms with van der Waals surface area (Å²) in [6.07, 6.45) is 5.78. The molecule has 192 valence electrons. The zero-order valence-corrected chi connectivity index (χ0v) is 21.0. The van der Waals surface area contributed by atoms with Crippen LogP contribution in [0.25, 0.3) is 0 Å². The van der Waals surface area contributed by atoms with Crippen LogP contribution in [0, 0.1) is 0 Å². The molecule has 1 aromatic heterocycles. The molecule has 2 aliphatic rings. The fraction of sp³-hybridized carbons (Fsp3) is 0.345. The van der Waals surface area contributed by atoms with Crippen LogP contribution in [0.15, 0.2) is 67.0 Å². The first-order chi connectivity index (χ1) is 18.1. The van der Waals surface area contributed by atoms with E-state index < -0.39 is 0 Å². The van der Waals surface area contributed by atoms with Crippen molar-refractivity contribution in [1.29, 1.82) is 0 Å². The lowest BCUT2D eigenvalue weighted by Gasteiger charge is -2.24. The summed E-state index contributed by atoms with van der Waals surface area (Å²) >= 11 is 0. The summed E-state index contributed by atoms with van der Waals surface area (Å²) in [5, 5.41) is 0. The number of hydrogen-bond donors (Lipinski definition) is 0. The van der Waals surface area contributed by atoms with Gasteiger partial charge in [-0.3, -0.25) is 14.6 Å². The highest BCUT2D eigenvalue weighted by Gasteiger charge is 2.23. The van der Waals surface area contributed by atoms with Crippen molar-refractivity contribution in [3.05, 3.63) is 83.7 Å². The first-order valence-corrected chi connectivity index (χ1v) is 12.6. The van der Waals surface area contributed by atoms with Crippen molar-refractivity contribution < 1.29 is 23.8 Å². The standard InChI is InChI=1S/C29H31N3O5/c1-35-27-16-21(6-11-26(27)37-25-12-15-36-20-25)18-31(19-22-4-2-13-30-17-22)29(34)23-7-9-24(10-8-23)32-14-3-5-28(32)33/h2,4,6-11,13,16-17,25H,3,5,12,14-15,18-20H2,1H3/t25-/m1/s1. The zero-order valence-electron chi connectivity index (χ0n) is 21.0. The molecule has 5 rings (SSSR count). The lowest BCUT2D eigenvalue weighted by Crippen LogP contribution is -2.30. The van der Waals surface area contributed by atoms with E-state index >= 15 is 0 Å². The molecule has 2 saturated heterocycles. The minimum Gasteiger partial charge on any atom is -0.493 e. The van der Waals surface area contributed by atoms with Gasteiger partial charge >= 0.3 is 0 Å². The van der Waals surface area contributed by atoms with E-state index in [9.17, 15) is 9.59 Å². The minimum atomic E-state index is -0.106. The lowest BCUT2D eigenvalue weighted by atomic mass is 10.1. The fourth-order valence-corrected chi connectivity index (χ4v) is 4.71. The second-order valence-electron chi connectivity index (χ2n) is 9.31. The number of amides is 2. The third-order valence-corrected chi connectivity index (χ3v) is 6.67. The second kappa shape index (κ2) is 11.4. The van der Waals surface area contributed by atoms with Crippen LogP contribution in [0.2, 0.25) is 0 Å². The number of carbonyl (C=O) groups excluding carboxylic acids is 2. The Morgan fingerprint density at radius 3 is 2.62 bits per heavy atom. The Morgan fingerprint density at radius 1 is 1.11 bits per heavy atom. The highest BCUT2D eigenvalue weighted by Crippen LogP contribution is 2.31. The van der Waals surface area contributed by atoms with E-state index in [4.69, 9.17) is 14.2 Å². The molecular formula is C29H31N3O5. The number of anilines is 1. The number of aromatic nitrogens is 1. The molecule has 0 aliphatic carbocycles. The quantitative estimate of drug-likeness (QED) is 0.437. The summed E-state index contributed by atoms with van der Waals surface area (Å²) in [5.41, 5.74) is 3.24. The van der Waals surface area contributed by atoms with Crippen molar-refractivity contribution in [3.63, 3.8) is 0 Å². The smallest absolute Gasteiger partial charge is 0.254 e. The average molecular weight is 502 g/mol. The van der Waals surface area contributed by atoms with Crippen LogP contribution < -0.4 is 14.4 Å². The van der Waals surface area contributed by atoms with Crippen LogP contribution in [0.4, 0.5) is 5.69 Å². The molecule has 1 atom stereocenters. The summed E-state index contributed by atoms with van der Waals surface area (Å²) in [6.45, 7) is 2.77. The Balaban J connectivity index is 1.36. The maximum Gasteiger partial charge on any atom is 0.254 e. The van der Waals surface area contributed by atoms with Crippen LogP contribution in [-0.2, 0) is 22.6 Å². The van der Waals surface area contributed by atoms with Gasteiger partial charge in [0, 0.05) is 56.1 Å². The van der Waals surface area contributed by atoms with Crippen molar-refractivity contribution in [2.45, 2.75) is 38.5 Å². The Bertz CT molecular complexity index is 1230. The Labute approximate surface area is 216 Å². The summed E-state index contributed by atoms with van der Waals surface area (Å²) in [7, 11) is 1.61. The molecule has 3 heterocycles. The SMILES string of the molecule is COc1cc(CN(Cc2cccnc2)C(=O)c2ccc(N3CCCC3=O)cc2)ccc1O[C@@H]1CCOC1. The molecule has 2 fully saturated rings. The first kappa shape index (κ1) is 24.8. The van der Waals surface area contributed by atoms with Gasteiger partial charge in [-0.15, -0.1) is 0 Å². The first-order valence-electron chi connectivity index (χ1n) is 12.6. The normalized spacial score (nSPS) is 17.2. The van der Waals surface area contributed by atoms with Gasteiger partial charge in [0.15, 0.2) is 11.5 Å². The monoisotopic (exact) mass is 501 g/mol. The molecule has 37 heavy (non-hydrogen) atoms. The number of benzene rings is 2. The molecule has 0 bridgehead atoms. The fourth-order valence-electron chi connectivity index (χ4n) is 4.71. The summed E-state index contributed by atoms with van der Waals surface area (Å²) in [6, 6.07) is 16.9. The molecule has 8 heteroatoms. The number of nitrogens with zero attached hydrogens (tertiary/aromatic N) is 3. The van der Waals surface area contributed by atoms with E-state index in [1.165, 1.54) is 0 Å². The van der Waals surface area contributed by atoms with Gasteiger partial charge in [-0.1, -0.05) is 12.1 Å². The molecule has 0 unspecified atom stereocenters. The lowest BCUT2D eigenvalue weighted by molar-refractivity contribution is -0.117. The Hall–Kier alpha value is -3.91. The van der Waals surface area contributed by atoms with Gasteiger partial charge in [0.05, 0.1) is 20.3 Å². The zero-order chi connectivity index (χ0) is 25.6. The summed E-state index contributed by atoms with van der Waals surface area (Å²) in [4.78, 5) is 33.5. The topological polar surface area (TPSA) is 81.2 Å². The number of hydrogen-bond acceptors (Lipinski definition) is 6. The number of pyridine rings is 1. The molecule has 8 nitrogen and oxygen atoms in total. The van der Waals surface area contributed by atoms with Crippen molar-refractivity contribution in [2.75, 3.05) is 31.8 Å². The highest BCUT2D eigenvalue weighted by molar-refractivity contribution is 5.97. The predicted octanol–water partition coefficient (Wildman–Crippen LogP) is 4.23. The third-order valence-electron chi connectivity index (χ3n) is 6.67. The van der Waals surface area contributed by atoms with Crippen molar-refractivity contribution in [3.8, 4) is 11.5 Å². The Morgan fingerprint density at radius 2 is 1.95 bits per heavy atom. The van der Waals surface area contributed by atoms with Crippen molar-refractivity contribution in [2.24, 2.45) is 0 Å². The Kier molecular flexibility index (Phi) is 7.65. The van der Waals surface area contributed by atoms with E-state index in [0.717, 1.165) is 29.7 Å². The van der Waals surface area contributed by atoms with Gasteiger partial charge in [0.2, 0.25) is 5.91 Å². The molecule has 0 N–H and O–H groups in total. The summed E-state index contributed by atoms with van der Waals surface area (Å²) in [5.74, 6) is 1.31. The molecule has 3 aromatic rings. The van der Waals surface area contributed by atoms with Crippen molar-refractivity contribution in [1.82, 2.24) is 9.88 Å². The van der Waals surface area contributed by atoms with Gasteiger partial charge in [-0.2, -0.15) is 0 Å². The maximum atomic E-state index is 13.7. The van der Waals surface area contributed by atoms with Crippen LogP contribution in [0.3, 0.4) is 0 Å².